The molecule has 0 N–H and O–H groups in total. The molecule has 2 aromatic rings. The molecule has 4 rings (SSSR count). The average molecular weight is 389 g/mol. The van der Waals surface area contributed by atoms with Crippen molar-refractivity contribution in [2.24, 2.45) is 5.92 Å². The Bertz CT molecular complexity index is 861. The van der Waals surface area contributed by atoms with E-state index in [2.05, 4.69) is 11.1 Å². The smallest absolute Gasteiger partial charge is 0.277 e. The fourth-order valence-corrected chi connectivity index (χ4v) is 4.86. The summed E-state index contributed by atoms with van der Waals surface area (Å²) >= 11 is 7.58. The summed E-state index contributed by atoms with van der Waals surface area (Å²) in [6, 6.07) is 5.43. The number of fused-ring (bicyclic) bond motifs is 1. The van der Waals surface area contributed by atoms with Gasteiger partial charge in [-0.25, -0.2) is 4.98 Å². The van der Waals surface area contributed by atoms with E-state index >= 15 is 0 Å². The lowest BCUT2D eigenvalue weighted by atomic mass is 9.85. The zero-order chi connectivity index (χ0) is 18.1. The molecule has 0 spiro atoms. The van der Waals surface area contributed by atoms with Gasteiger partial charge in [-0.05, 0) is 56.2 Å². The number of rotatable bonds is 3. The van der Waals surface area contributed by atoms with Crippen LogP contribution in [0.15, 0.2) is 35.4 Å². The van der Waals surface area contributed by atoms with Crippen molar-refractivity contribution in [2.75, 3.05) is 13.7 Å². The molecule has 1 aliphatic heterocycles. The van der Waals surface area contributed by atoms with Crippen LogP contribution in [0, 0.1) is 5.92 Å². The summed E-state index contributed by atoms with van der Waals surface area (Å²) in [6.07, 6.45) is 7.99. The fraction of sp³-hybridized carbons (Fsp3) is 0.400. The van der Waals surface area contributed by atoms with Crippen LogP contribution in [0.2, 0.25) is 5.02 Å². The number of thiazole rings is 1. The molecule has 2 aliphatic rings. The number of ether oxygens (including phenoxy) is 1. The Balaban J connectivity index is 1.63. The molecule has 136 valence electrons. The summed E-state index contributed by atoms with van der Waals surface area (Å²) in [7, 11) is 1.62. The Labute approximate surface area is 162 Å². The highest BCUT2D eigenvalue weighted by molar-refractivity contribution is 7.13. The first-order valence-corrected chi connectivity index (χ1v) is 10.2. The van der Waals surface area contributed by atoms with Crippen molar-refractivity contribution in [2.45, 2.75) is 32.1 Å². The van der Waals surface area contributed by atoms with E-state index in [1.807, 2.05) is 22.4 Å². The van der Waals surface area contributed by atoms with Gasteiger partial charge in [-0.15, -0.1) is 11.3 Å². The Morgan fingerprint density at radius 3 is 3.04 bits per heavy atom. The minimum Gasteiger partial charge on any atom is -0.496 e. The first kappa shape index (κ1) is 17.6. The Kier molecular flexibility index (Phi) is 5.00. The molecule has 1 aromatic heterocycles. The number of hydrogen-bond acceptors (Lipinski definition) is 4. The van der Waals surface area contributed by atoms with Crippen LogP contribution in [0.1, 0.15) is 42.6 Å². The summed E-state index contributed by atoms with van der Waals surface area (Å²) in [4.78, 5) is 19.6. The van der Waals surface area contributed by atoms with Crippen LogP contribution in [0.3, 0.4) is 0 Å². The van der Waals surface area contributed by atoms with Crippen molar-refractivity contribution in [3.05, 3.63) is 46.1 Å². The van der Waals surface area contributed by atoms with E-state index in [1.165, 1.54) is 36.3 Å². The van der Waals surface area contributed by atoms with Crippen molar-refractivity contribution in [1.82, 2.24) is 9.88 Å². The third-order valence-electron chi connectivity index (χ3n) is 5.13. The number of amides is 1. The second kappa shape index (κ2) is 7.41. The highest BCUT2D eigenvalue weighted by Gasteiger charge is 2.31. The SMILES string of the molecule is COc1ccc(Cl)cc1-c1nc(C(=O)N2CCCC3CCCC=C32)cs1. The van der Waals surface area contributed by atoms with E-state index in [9.17, 15) is 4.79 Å². The lowest BCUT2D eigenvalue weighted by molar-refractivity contribution is 0.0744. The maximum atomic E-state index is 13.1. The van der Waals surface area contributed by atoms with Crippen LogP contribution in [-0.2, 0) is 0 Å². The summed E-state index contributed by atoms with van der Waals surface area (Å²) in [6.45, 7) is 0.786. The standard InChI is InChI=1S/C20H21ClN2O2S/c1-25-18-9-8-14(21)11-15(18)19-22-16(12-26-19)20(24)23-10-4-6-13-5-2-3-7-17(13)23/h7-9,11-13H,2-6,10H2,1H3. The maximum absolute atomic E-state index is 13.1. The van der Waals surface area contributed by atoms with Crippen LogP contribution in [0.5, 0.6) is 5.75 Å². The van der Waals surface area contributed by atoms with E-state index in [0.717, 1.165) is 30.0 Å². The van der Waals surface area contributed by atoms with E-state index < -0.39 is 0 Å². The van der Waals surface area contributed by atoms with Gasteiger partial charge in [0.05, 0.1) is 12.7 Å². The number of carbonyl (C=O) groups is 1. The minimum atomic E-state index is 0.00587. The van der Waals surface area contributed by atoms with Gasteiger partial charge in [0.2, 0.25) is 0 Å². The molecule has 0 radical (unpaired) electrons. The van der Waals surface area contributed by atoms with Crippen molar-refractivity contribution >= 4 is 28.8 Å². The summed E-state index contributed by atoms with van der Waals surface area (Å²) in [5.41, 5.74) is 2.53. The lowest BCUT2D eigenvalue weighted by Gasteiger charge is -2.37. The summed E-state index contributed by atoms with van der Waals surface area (Å²) in [5.74, 6) is 1.25. The Hall–Kier alpha value is -1.85. The molecule has 1 amide bonds. The number of benzene rings is 1. The van der Waals surface area contributed by atoms with Gasteiger partial charge >= 0.3 is 0 Å². The van der Waals surface area contributed by atoms with Crippen LogP contribution in [0.25, 0.3) is 10.6 Å². The monoisotopic (exact) mass is 388 g/mol. The number of methoxy groups -OCH3 is 1. The van der Waals surface area contributed by atoms with Gasteiger partial charge < -0.3 is 9.64 Å². The molecule has 1 fully saturated rings. The molecule has 1 unspecified atom stereocenters. The highest BCUT2D eigenvalue weighted by atomic mass is 35.5. The number of halogens is 1. The highest BCUT2D eigenvalue weighted by Crippen LogP contribution is 2.37. The van der Waals surface area contributed by atoms with Gasteiger partial charge in [0, 0.05) is 22.6 Å². The van der Waals surface area contributed by atoms with E-state index in [1.54, 1.807) is 13.2 Å². The summed E-state index contributed by atoms with van der Waals surface area (Å²) in [5, 5.41) is 3.21. The quantitative estimate of drug-likeness (QED) is 0.707. The third-order valence-corrected chi connectivity index (χ3v) is 6.25. The van der Waals surface area contributed by atoms with Gasteiger partial charge in [0.1, 0.15) is 16.5 Å². The number of nitrogens with zero attached hydrogens (tertiary/aromatic N) is 2. The van der Waals surface area contributed by atoms with Crippen molar-refractivity contribution in [3.8, 4) is 16.3 Å². The molecule has 6 heteroatoms. The molecule has 0 saturated carbocycles. The van der Waals surface area contributed by atoms with Crippen molar-refractivity contribution in [3.63, 3.8) is 0 Å². The van der Waals surface area contributed by atoms with Crippen molar-refractivity contribution in [1.29, 1.82) is 0 Å². The second-order valence-corrected chi connectivity index (χ2v) is 8.03. The average Bonchev–Trinajstić information content (AvgIpc) is 3.17. The van der Waals surface area contributed by atoms with Crippen LogP contribution < -0.4 is 4.74 Å². The minimum absolute atomic E-state index is 0.00587. The second-order valence-electron chi connectivity index (χ2n) is 6.74. The summed E-state index contributed by atoms with van der Waals surface area (Å²) < 4.78 is 5.42. The van der Waals surface area contributed by atoms with Gasteiger partial charge in [0.15, 0.2) is 0 Å². The molecule has 1 aromatic carbocycles. The number of allylic oxidation sites excluding steroid dienone is 2. The largest absolute Gasteiger partial charge is 0.496 e. The van der Waals surface area contributed by atoms with E-state index in [0.29, 0.717) is 22.4 Å². The number of likely N-dealkylation sites (tertiary alicyclic amines) is 1. The van der Waals surface area contributed by atoms with E-state index in [4.69, 9.17) is 16.3 Å². The molecule has 4 nitrogen and oxygen atoms in total. The molecule has 1 aliphatic carbocycles. The van der Waals surface area contributed by atoms with Gasteiger partial charge in [-0.1, -0.05) is 17.7 Å². The normalized spacial score (nSPS) is 19.7. The number of carbonyl (C=O) groups excluding carboxylic acids is 1. The van der Waals surface area contributed by atoms with Crippen LogP contribution in [-0.4, -0.2) is 29.4 Å². The molecule has 26 heavy (non-hydrogen) atoms. The maximum Gasteiger partial charge on any atom is 0.277 e. The predicted octanol–water partition coefficient (Wildman–Crippen LogP) is 5.39. The lowest BCUT2D eigenvalue weighted by Crippen LogP contribution is -2.39. The number of hydrogen-bond donors (Lipinski definition) is 0. The van der Waals surface area contributed by atoms with Gasteiger partial charge in [-0.2, -0.15) is 0 Å². The zero-order valence-electron chi connectivity index (χ0n) is 14.7. The molecular weight excluding hydrogens is 368 g/mol. The Morgan fingerprint density at radius 2 is 2.19 bits per heavy atom. The molecule has 0 bridgehead atoms. The Morgan fingerprint density at radius 1 is 1.35 bits per heavy atom. The molecule has 1 atom stereocenters. The van der Waals surface area contributed by atoms with Crippen molar-refractivity contribution < 1.29 is 9.53 Å². The topological polar surface area (TPSA) is 42.4 Å². The van der Waals surface area contributed by atoms with E-state index in [-0.39, 0.29) is 5.91 Å². The molecule has 1 saturated heterocycles. The molecular formula is C20H21ClN2O2S. The van der Waals surface area contributed by atoms with Gasteiger partial charge in [-0.3, -0.25) is 4.79 Å². The van der Waals surface area contributed by atoms with Gasteiger partial charge in [0.25, 0.3) is 5.91 Å². The molecule has 2 heterocycles. The zero-order valence-corrected chi connectivity index (χ0v) is 16.3. The van der Waals surface area contributed by atoms with Crippen LogP contribution >= 0.6 is 22.9 Å². The predicted molar refractivity (Wildman–Crippen MR) is 105 cm³/mol. The number of aromatic nitrogens is 1. The first-order valence-electron chi connectivity index (χ1n) is 8.98. The third kappa shape index (κ3) is 3.26. The van der Waals surface area contributed by atoms with Crippen LogP contribution in [0.4, 0.5) is 0 Å². The fourth-order valence-electron chi connectivity index (χ4n) is 3.88. The number of piperidine rings is 1. The first-order chi connectivity index (χ1) is 12.7.